The van der Waals surface area contributed by atoms with Crippen LogP contribution < -0.4 is 0 Å². The second kappa shape index (κ2) is 5.66. The number of rotatable bonds is 3. The SMILES string of the molecule is Cc1cnc(-c2noc(C(Cl)c3ccccc3)n2)c(C)c1. The Morgan fingerprint density at radius 3 is 2.62 bits per heavy atom. The molecule has 0 saturated heterocycles. The lowest BCUT2D eigenvalue weighted by Gasteiger charge is -2.03. The van der Waals surface area contributed by atoms with Gasteiger partial charge in [0.15, 0.2) is 0 Å². The topological polar surface area (TPSA) is 51.8 Å². The van der Waals surface area contributed by atoms with E-state index < -0.39 is 5.38 Å². The molecule has 5 heteroatoms. The third-order valence-electron chi connectivity index (χ3n) is 3.18. The van der Waals surface area contributed by atoms with Gasteiger partial charge in [0.25, 0.3) is 0 Å². The molecular weight excluding hydrogens is 286 g/mol. The lowest BCUT2D eigenvalue weighted by molar-refractivity contribution is 0.383. The predicted octanol–water partition coefficient (Wildman–Crippen LogP) is 4.08. The van der Waals surface area contributed by atoms with E-state index in [1.165, 1.54) is 0 Å². The molecule has 4 nitrogen and oxygen atoms in total. The van der Waals surface area contributed by atoms with Crippen LogP contribution in [0.15, 0.2) is 47.1 Å². The third kappa shape index (κ3) is 2.81. The van der Waals surface area contributed by atoms with Gasteiger partial charge in [0.1, 0.15) is 11.1 Å². The largest absolute Gasteiger partial charge is 0.337 e. The average Bonchev–Trinajstić information content (AvgIpc) is 2.97. The maximum Gasteiger partial charge on any atom is 0.249 e. The Hall–Kier alpha value is -2.20. The summed E-state index contributed by atoms with van der Waals surface area (Å²) < 4.78 is 5.29. The van der Waals surface area contributed by atoms with E-state index in [1.807, 2.05) is 50.2 Å². The van der Waals surface area contributed by atoms with Crippen LogP contribution in [0.2, 0.25) is 0 Å². The number of aryl methyl sites for hydroxylation is 2. The summed E-state index contributed by atoms with van der Waals surface area (Å²) in [6.07, 6.45) is 1.79. The van der Waals surface area contributed by atoms with Crippen molar-refractivity contribution in [3.8, 4) is 11.5 Å². The molecule has 21 heavy (non-hydrogen) atoms. The summed E-state index contributed by atoms with van der Waals surface area (Å²) in [5.74, 6) is 0.837. The van der Waals surface area contributed by atoms with Crippen molar-refractivity contribution in [2.24, 2.45) is 0 Å². The molecule has 0 saturated carbocycles. The number of benzene rings is 1. The van der Waals surface area contributed by atoms with Gasteiger partial charge in [-0.1, -0.05) is 41.6 Å². The first-order valence-electron chi connectivity index (χ1n) is 6.61. The fourth-order valence-electron chi connectivity index (χ4n) is 2.15. The molecule has 0 fully saturated rings. The quantitative estimate of drug-likeness (QED) is 0.684. The summed E-state index contributed by atoms with van der Waals surface area (Å²) in [6.45, 7) is 3.97. The minimum atomic E-state index is -0.460. The van der Waals surface area contributed by atoms with Gasteiger partial charge < -0.3 is 4.52 Å². The average molecular weight is 300 g/mol. The number of nitrogens with zero attached hydrogens (tertiary/aromatic N) is 3. The molecule has 0 aliphatic rings. The number of halogens is 1. The van der Waals surface area contributed by atoms with Crippen LogP contribution in [-0.2, 0) is 0 Å². The Morgan fingerprint density at radius 2 is 1.90 bits per heavy atom. The van der Waals surface area contributed by atoms with Gasteiger partial charge in [0, 0.05) is 6.20 Å². The Bertz CT molecular complexity index is 755. The first kappa shape index (κ1) is 13.8. The van der Waals surface area contributed by atoms with Crippen LogP contribution in [0.5, 0.6) is 0 Å². The monoisotopic (exact) mass is 299 g/mol. The van der Waals surface area contributed by atoms with E-state index in [9.17, 15) is 0 Å². The predicted molar refractivity (Wildman–Crippen MR) is 81.1 cm³/mol. The van der Waals surface area contributed by atoms with Crippen molar-refractivity contribution < 1.29 is 4.52 Å². The molecule has 1 atom stereocenters. The summed E-state index contributed by atoms with van der Waals surface area (Å²) in [7, 11) is 0. The van der Waals surface area contributed by atoms with Crippen molar-refractivity contribution in [3.63, 3.8) is 0 Å². The van der Waals surface area contributed by atoms with Crippen LogP contribution in [0.1, 0.15) is 28.0 Å². The second-order valence-corrected chi connectivity index (χ2v) is 5.34. The van der Waals surface area contributed by atoms with Crippen molar-refractivity contribution in [3.05, 3.63) is 65.2 Å². The first-order chi connectivity index (χ1) is 10.1. The zero-order chi connectivity index (χ0) is 14.8. The Kier molecular flexibility index (Phi) is 3.71. The zero-order valence-electron chi connectivity index (χ0n) is 11.7. The molecule has 2 heterocycles. The Balaban J connectivity index is 1.93. The summed E-state index contributed by atoms with van der Waals surface area (Å²) in [5.41, 5.74) is 3.74. The number of pyridine rings is 1. The van der Waals surface area contributed by atoms with Gasteiger partial charge >= 0.3 is 0 Å². The maximum absolute atomic E-state index is 6.38. The molecule has 0 aliphatic carbocycles. The lowest BCUT2D eigenvalue weighted by atomic mass is 10.1. The van der Waals surface area contributed by atoms with Gasteiger partial charge in [0.2, 0.25) is 11.7 Å². The second-order valence-electron chi connectivity index (χ2n) is 4.91. The van der Waals surface area contributed by atoms with Crippen LogP contribution in [0.4, 0.5) is 0 Å². The molecule has 0 spiro atoms. The van der Waals surface area contributed by atoms with Gasteiger partial charge in [0.05, 0.1) is 0 Å². The lowest BCUT2D eigenvalue weighted by Crippen LogP contribution is -1.94. The van der Waals surface area contributed by atoms with Crippen LogP contribution in [0.3, 0.4) is 0 Å². The summed E-state index contributed by atoms with van der Waals surface area (Å²) >= 11 is 6.38. The van der Waals surface area contributed by atoms with Crippen LogP contribution in [-0.4, -0.2) is 15.1 Å². The maximum atomic E-state index is 6.38. The molecule has 106 valence electrons. The normalized spacial score (nSPS) is 12.3. The van der Waals surface area contributed by atoms with E-state index in [0.717, 1.165) is 16.7 Å². The zero-order valence-corrected chi connectivity index (χ0v) is 12.5. The van der Waals surface area contributed by atoms with Crippen molar-refractivity contribution in [1.29, 1.82) is 0 Å². The smallest absolute Gasteiger partial charge is 0.249 e. The highest BCUT2D eigenvalue weighted by Gasteiger charge is 2.20. The van der Waals surface area contributed by atoms with Gasteiger partial charge in [-0.15, -0.1) is 11.6 Å². The number of hydrogen-bond donors (Lipinski definition) is 0. The van der Waals surface area contributed by atoms with E-state index in [-0.39, 0.29) is 0 Å². The van der Waals surface area contributed by atoms with E-state index >= 15 is 0 Å². The first-order valence-corrected chi connectivity index (χ1v) is 7.05. The summed E-state index contributed by atoms with van der Waals surface area (Å²) in [6, 6.07) is 11.7. The van der Waals surface area contributed by atoms with Gasteiger partial charge in [-0.25, -0.2) is 0 Å². The molecule has 0 aliphatic heterocycles. The molecule has 2 aromatic heterocycles. The van der Waals surface area contributed by atoms with Gasteiger partial charge in [-0.3, -0.25) is 4.98 Å². The molecule has 0 radical (unpaired) electrons. The molecule has 1 aromatic carbocycles. The van der Waals surface area contributed by atoms with Crippen LogP contribution in [0, 0.1) is 13.8 Å². The minimum Gasteiger partial charge on any atom is -0.337 e. The van der Waals surface area contributed by atoms with Crippen LogP contribution >= 0.6 is 11.6 Å². The highest BCUT2D eigenvalue weighted by atomic mass is 35.5. The molecule has 3 rings (SSSR count). The Morgan fingerprint density at radius 1 is 1.14 bits per heavy atom. The molecule has 0 amide bonds. The van der Waals surface area contributed by atoms with Crippen molar-refractivity contribution in [2.75, 3.05) is 0 Å². The molecule has 0 N–H and O–H groups in total. The number of aromatic nitrogens is 3. The van der Waals surface area contributed by atoms with Crippen LogP contribution in [0.25, 0.3) is 11.5 Å². The number of hydrogen-bond acceptors (Lipinski definition) is 4. The molecule has 3 aromatic rings. The van der Waals surface area contributed by atoms with Gasteiger partial charge in [-0.2, -0.15) is 4.98 Å². The molecule has 1 unspecified atom stereocenters. The third-order valence-corrected chi connectivity index (χ3v) is 3.62. The van der Waals surface area contributed by atoms with E-state index in [4.69, 9.17) is 16.1 Å². The minimum absolute atomic E-state index is 0.375. The fraction of sp³-hybridized carbons (Fsp3) is 0.188. The number of alkyl halides is 1. The summed E-state index contributed by atoms with van der Waals surface area (Å²) in [5, 5.41) is 3.53. The van der Waals surface area contributed by atoms with E-state index in [0.29, 0.717) is 17.4 Å². The standard InChI is InChI=1S/C16H14ClN3O/c1-10-8-11(2)14(18-9-10)15-19-16(21-20-15)13(17)12-6-4-3-5-7-12/h3-9,13H,1-2H3. The van der Waals surface area contributed by atoms with Crippen molar-refractivity contribution in [1.82, 2.24) is 15.1 Å². The highest BCUT2D eigenvalue weighted by molar-refractivity contribution is 6.22. The van der Waals surface area contributed by atoms with Gasteiger partial charge in [-0.05, 0) is 30.5 Å². The molecule has 0 bridgehead atoms. The highest BCUT2D eigenvalue weighted by Crippen LogP contribution is 2.29. The van der Waals surface area contributed by atoms with Crippen molar-refractivity contribution >= 4 is 11.6 Å². The van der Waals surface area contributed by atoms with E-state index in [2.05, 4.69) is 15.1 Å². The Labute approximate surface area is 127 Å². The summed E-state index contributed by atoms with van der Waals surface area (Å²) in [4.78, 5) is 8.74. The van der Waals surface area contributed by atoms with Crippen molar-refractivity contribution in [2.45, 2.75) is 19.2 Å². The van der Waals surface area contributed by atoms with E-state index in [1.54, 1.807) is 6.20 Å². The fourth-order valence-corrected chi connectivity index (χ4v) is 2.38. The molecular formula is C16H14ClN3O.